The van der Waals surface area contributed by atoms with Gasteiger partial charge < -0.3 is 121 Å². The summed E-state index contributed by atoms with van der Waals surface area (Å²) >= 11 is 0. The maximum absolute atomic E-state index is 8.12. The molecule has 0 spiro atoms. The molecule has 27 nitrogen and oxygen atoms in total. The van der Waals surface area contributed by atoms with E-state index in [9.17, 15) is 0 Å². The molecular weight excluding hydrogens is 1260 g/mol. The molecular formula is C50H94O27Si8. The quantitative estimate of drug-likeness (QED) is 0.0481. The van der Waals surface area contributed by atoms with Crippen molar-refractivity contribution in [2.45, 2.75) is 155 Å². The highest BCUT2D eigenvalue weighted by Gasteiger charge is 2.78. The SMILES string of the molecule is C(COCC1CO1)C[SiH2]O[Si]1(CCCOCC2CC2)O[Si]2(CCCOCC3CO3)O[Si]3(CCCOCC4CO4)OCO[Si]4(CCCOCC5CO5)O[Si](CCCOCC5CO5)(O3)O[Si](CCCOCC3CO3)(O2)O[Si](CCCOCC2CO2)(O4)O1. The van der Waals surface area contributed by atoms with Gasteiger partial charge in [0.1, 0.15) is 49.5 Å². The second kappa shape index (κ2) is 31.7. The predicted molar refractivity (Wildman–Crippen MR) is 310 cm³/mol. The molecule has 12 fully saturated rings. The number of ether oxygens (including phenoxy) is 15. The van der Waals surface area contributed by atoms with Gasteiger partial charge in [0, 0.05) is 102 Å². The van der Waals surface area contributed by atoms with Crippen LogP contribution < -0.4 is 0 Å². The second-order valence-electron chi connectivity index (χ2n) is 24.1. The van der Waals surface area contributed by atoms with Gasteiger partial charge in [-0.2, -0.15) is 0 Å². The lowest BCUT2D eigenvalue weighted by atomic mass is 10.4. The monoisotopic (exact) mass is 1350 g/mol. The van der Waals surface area contributed by atoms with Gasteiger partial charge in [0.2, 0.25) is 0 Å². The molecule has 0 aromatic carbocycles. The van der Waals surface area contributed by atoms with E-state index in [0.717, 1.165) is 19.1 Å². The van der Waals surface area contributed by atoms with Crippen LogP contribution in [-0.4, -0.2) is 273 Å². The summed E-state index contributed by atoms with van der Waals surface area (Å²) in [5.41, 5.74) is 0. The molecule has 12 aliphatic rings. The van der Waals surface area contributed by atoms with Gasteiger partial charge in [0.05, 0.1) is 92.5 Å². The van der Waals surface area contributed by atoms with E-state index >= 15 is 0 Å². The number of hydrogen-bond acceptors (Lipinski definition) is 27. The molecule has 11 heterocycles. The minimum Gasteiger partial charge on any atom is -0.422 e. The predicted octanol–water partition coefficient (Wildman–Crippen LogP) is 2.73. The zero-order valence-electron chi connectivity index (χ0n) is 49.5. The van der Waals surface area contributed by atoms with E-state index in [4.69, 9.17) is 121 Å². The van der Waals surface area contributed by atoms with Gasteiger partial charge in [0.25, 0.3) is 0 Å². The van der Waals surface area contributed by atoms with Gasteiger partial charge in [-0.05, 0) is 76.2 Å². The van der Waals surface area contributed by atoms with E-state index in [1.54, 1.807) is 0 Å². The van der Waals surface area contributed by atoms with E-state index in [-0.39, 0.29) is 85.8 Å². The number of epoxide rings is 7. The summed E-state index contributed by atoms with van der Waals surface area (Å²) in [6.45, 7) is 11.9. The van der Waals surface area contributed by atoms with Crippen molar-refractivity contribution in [3.63, 3.8) is 0 Å². The molecule has 11 aliphatic heterocycles. The minimum absolute atomic E-state index is 0.0707. The number of fused-ring (bicyclic) bond motifs is 4. The van der Waals surface area contributed by atoms with Crippen LogP contribution in [0, 0.1) is 5.92 Å². The molecule has 11 unspecified atom stereocenters. The molecule has 0 amide bonds. The van der Waals surface area contributed by atoms with Crippen molar-refractivity contribution in [1.29, 1.82) is 0 Å². The standard InChI is InChI=1S/C50H94O27Si8/c1(11-52-28-44-35-59-44)19-78-68-81(22-4-12-51-27-43-9-10-43)73-83(24-6-16-56-32-48-39-63-48)71-79(20-2-13-53-29-45-36-60-45)66-42-67-80(21-3-14-54-30-46-37-61-46)70-82(69-79,23-5-15-55-31-47-38-62-47)75-85(76-83,26-8-18-58-34-50-41-65-50)77-84(72-80,74-81)25-7-17-57-33-49-40-64-49/h43-50H,1-42,78H2. The molecule has 6 bridgehead atoms. The lowest BCUT2D eigenvalue weighted by molar-refractivity contribution is -0.0589. The van der Waals surface area contributed by atoms with E-state index in [0.29, 0.717) is 202 Å². The van der Waals surface area contributed by atoms with Gasteiger partial charge in [0.15, 0.2) is 9.76 Å². The topological polar surface area (TPSA) is 272 Å². The second-order valence-corrected chi connectivity index (χ2v) is 47.4. The minimum atomic E-state index is -4.37. The molecule has 85 heavy (non-hydrogen) atoms. The molecule has 1 aliphatic carbocycles. The van der Waals surface area contributed by atoms with Crippen molar-refractivity contribution in [1.82, 2.24) is 0 Å². The van der Waals surface area contributed by atoms with Crippen LogP contribution in [0.4, 0.5) is 0 Å². The van der Waals surface area contributed by atoms with Gasteiger partial charge in [-0.25, -0.2) is 0 Å². The van der Waals surface area contributed by atoms with Crippen molar-refractivity contribution < 1.29 is 121 Å². The van der Waals surface area contributed by atoms with E-state index in [2.05, 4.69) is 0 Å². The maximum atomic E-state index is 8.12. The first-order valence-electron chi connectivity index (χ1n) is 31.9. The molecule has 11 saturated heterocycles. The van der Waals surface area contributed by atoms with Crippen molar-refractivity contribution >= 4 is 71.4 Å². The van der Waals surface area contributed by atoms with Crippen molar-refractivity contribution in [2.75, 3.05) is 159 Å². The van der Waals surface area contributed by atoms with Crippen LogP contribution in [-0.2, 0) is 121 Å². The maximum Gasteiger partial charge on any atom is 0.488 e. The van der Waals surface area contributed by atoms with Crippen LogP contribution >= 0.6 is 0 Å². The molecule has 1 saturated carbocycles. The summed E-state index contributed by atoms with van der Waals surface area (Å²) in [7, 11) is -31.4. The zero-order valence-corrected chi connectivity index (χ0v) is 58.0. The Morgan fingerprint density at radius 1 is 0.294 bits per heavy atom. The van der Waals surface area contributed by atoms with Crippen molar-refractivity contribution in [3.05, 3.63) is 0 Å². The van der Waals surface area contributed by atoms with Crippen molar-refractivity contribution in [3.8, 4) is 0 Å². The number of rotatable bonds is 50. The highest BCUT2D eigenvalue weighted by Crippen LogP contribution is 2.51. The highest BCUT2D eigenvalue weighted by molar-refractivity contribution is 6.99. The van der Waals surface area contributed by atoms with Crippen LogP contribution in [0.3, 0.4) is 0 Å². The van der Waals surface area contributed by atoms with Crippen LogP contribution in [0.25, 0.3) is 0 Å². The molecule has 0 aromatic heterocycles. The first kappa shape index (κ1) is 65.7. The zero-order chi connectivity index (χ0) is 57.6. The van der Waals surface area contributed by atoms with Gasteiger partial charge in [-0.3, -0.25) is 0 Å². The third-order valence-electron chi connectivity index (χ3n) is 15.8. The van der Waals surface area contributed by atoms with Crippen LogP contribution in [0.1, 0.15) is 64.2 Å². The smallest absolute Gasteiger partial charge is 0.422 e. The summed E-state index contributed by atoms with van der Waals surface area (Å²) in [5, 5.41) is 0. The molecule has 12 rings (SSSR count). The molecule has 0 N–H and O–H groups in total. The van der Waals surface area contributed by atoms with E-state index < -0.39 is 71.4 Å². The summed E-state index contributed by atoms with van der Waals surface area (Å²) in [5.74, 6) is 0.576. The van der Waals surface area contributed by atoms with E-state index in [1.807, 2.05) is 0 Å². The first-order chi connectivity index (χ1) is 41.7. The van der Waals surface area contributed by atoms with Crippen LogP contribution in [0.2, 0.25) is 48.4 Å². The van der Waals surface area contributed by atoms with Gasteiger partial charge in [-0.1, -0.05) is 0 Å². The first-order valence-corrected chi connectivity index (χ1v) is 47.0. The lowest BCUT2D eigenvalue weighted by Gasteiger charge is -2.59. The third-order valence-corrected chi connectivity index (χ3v) is 49.4. The molecule has 35 heteroatoms. The average Bonchev–Trinajstić information content (AvgIpc) is 1.79. The highest BCUT2D eigenvalue weighted by atomic mass is 28.6. The normalized spacial score (nSPS) is 39.3. The Balaban J connectivity index is 0.946. The Hall–Kier alpha value is 0.655. The fourth-order valence-electron chi connectivity index (χ4n) is 10.4. The Labute approximate surface area is 510 Å². The fraction of sp³-hybridized carbons (Fsp3) is 1.00. The largest absolute Gasteiger partial charge is 0.488 e. The molecule has 488 valence electrons. The van der Waals surface area contributed by atoms with Crippen LogP contribution in [0.5, 0.6) is 0 Å². The molecule has 0 aromatic rings. The summed E-state index contributed by atoms with van der Waals surface area (Å²) < 4.78 is 183. The average molecular weight is 1350 g/mol. The van der Waals surface area contributed by atoms with Crippen molar-refractivity contribution in [2.24, 2.45) is 5.92 Å². The van der Waals surface area contributed by atoms with Crippen LogP contribution in [0.15, 0.2) is 0 Å². The number of hydrogen-bond donors (Lipinski definition) is 0. The summed E-state index contributed by atoms with van der Waals surface area (Å²) in [6.07, 6.45) is 7.21. The Bertz CT molecular complexity index is 1920. The molecule has 11 atom stereocenters. The lowest BCUT2D eigenvalue weighted by Crippen LogP contribution is -2.83. The summed E-state index contributed by atoms with van der Waals surface area (Å²) in [6, 6.07) is 2.74. The van der Waals surface area contributed by atoms with Gasteiger partial charge in [-0.15, -0.1) is 0 Å². The third kappa shape index (κ3) is 22.4. The summed E-state index contributed by atoms with van der Waals surface area (Å²) in [4.78, 5) is 0. The van der Waals surface area contributed by atoms with E-state index in [1.165, 1.54) is 12.8 Å². The Morgan fingerprint density at radius 2 is 0.553 bits per heavy atom. The Kier molecular flexibility index (Phi) is 24.5. The Morgan fingerprint density at radius 3 is 0.859 bits per heavy atom. The fourth-order valence-corrected chi connectivity index (χ4v) is 53.2. The molecule has 0 radical (unpaired) electrons. The van der Waals surface area contributed by atoms with Gasteiger partial charge >= 0.3 is 61.6 Å².